The number of methoxy groups -OCH3 is 1. The third-order valence-electron chi connectivity index (χ3n) is 4.07. The summed E-state index contributed by atoms with van der Waals surface area (Å²) in [6.07, 6.45) is 1.46. The van der Waals surface area contributed by atoms with Crippen molar-refractivity contribution in [2.24, 2.45) is 5.10 Å². The van der Waals surface area contributed by atoms with Crippen molar-refractivity contribution in [2.45, 2.75) is 6.61 Å². The summed E-state index contributed by atoms with van der Waals surface area (Å²) < 4.78 is 11.2. The Kier molecular flexibility index (Phi) is 7.57. The predicted octanol–water partition coefficient (Wildman–Crippen LogP) is 6.00. The van der Waals surface area contributed by atoms with Crippen LogP contribution in [0, 0.1) is 0 Å². The molecule has 0 aliphatic rings. The van der Waals surface area contributed by atoms with Crippen LogP contribution in [-0.2, 0) is 6.61 Å². The second kappa shape index (κ2) is 10.3. The van der Waals surface area contributed by atoms with E-state index in [1.165, 1.54) is 13.3 Å². The van der Waals surface area contributed by atoms with E-state index < -0.39 is 0 Å². The van der Waals surface area contributed by atoms with Gasteiger partial charge >= 0.3 is 0 Å². The number of halogens is 3. The normalized spacial score (nSPS) is 10.8. The van der Waals surface area contributed by atoms with E-state index in [0.717, 1.165) is 5.56 Å². The zero-order chi connectivity index (χ0) is 21.5. The third-order valence-corrected chi connectivity index (χ3v) is 4.97. The van der Waals surface area contributed by atoms with E-state index in [1.807, 2.05) is 18.2 Å². The van der Waals surface area contributed by atoms with Crippen LogP contribution in [0.3, 0.4) is 0 Å². The fraction of sp³-hybridized carbons (Fsp3) is 0.0909. The Hall–Kier alpha value is -2.73. The number of benzene rings is 3. The highest BCUT2D eigenvalue weighted by molar-refractivity contribution is 6.32. The summed E-state index contributed by atoms with van der Waals surface area (Å²) >= 11 is 18.4. The number of ether oxygens (including phenoxy) is 2. The quantitative estimate of drug-likeness (QED) is 0.345. The van der Waals surface area contributed by atoms with Gasteiger partial charge in [-0.25, -0.2) is 5.43 Å². The van der Waals surface area contributed by atoms with E-state index in [0.29, 0.717) is 37.7 Å². The van der Waals surface area contributed by atoms with E-state index in [4.69, 9.17) is 44.3 Å². The van der Waals surface area contributed by atoms with Gasteiger partial charge in [-0.05, 0) is 48.0 Å². The Morgan fingerprint density at radius 3 is 2.47 bits per heavy atom. The van der Waals surface area contributed by atoms with Crippen LogP contribution in [0.25, 0.3) is 0 Å². The van der Waals surface area contributed by atoms with Gasteiger partial charge in [0.1, 0.15) is 6.61 Å². The molecule has 0 saturated carbocycles. The first-order valence-corrected chi connectivity index (χ1v) is 9.94. The molecule has 5 nitrogen and oxygen atoms in total. The van der Waals surface area contributed by atoms with Crippen LogP contribution in [-0.4, -0.2) is 19.2 Å². The molecule has 0 heterocycles. The molecule has 1 N–H and O–H groups in total. The first-order valence-electron chi connectivity index (χ1n) is 8.80. The van der Waals surface area contributed by atoms with Crippen molar-refractivity contribution in [2.75, 3.05) is 7.11 Å². The van der Waals surface area contributed by atoms with Crippen molar-refractivity contribution in [1.82, 2.24) is 5.43 Å². The maximum absolute atomic E-state index is 12.1. The minimum Gasteiger partial charge on any atom is -0.493 e. The highest BCUT2D eigenvalue weighted by Gasteiger charge is 2.13. The summed E-state index contributed by atoms with van der Waals surface area (Å²) in [5, 5.41) is 5.46. The fourth-order valence-corrected chi connectivity index (χ4v) is 3.14. The van der Waals surface area contributed by atoms with Crippen LogP contribution in [0.15, 0.2) is 65.8 Å². The molecule has 0 atom stereocenters. The molecule has 3 rings (SSSR count). The second-order valence-corrected chi connectivity index (χ2v) is 7.37. The minimum absolute atomic E-state index is 0.236. The van der Waals surface area contributed by atoms with Crippen molar-refractivity contribution in [3.05, 3.63) is 92.4 Å². The van der Waals surface area contributed by atoms with Crippen molar-refractivity contribution in [3.63, 3.8) is 0 Å². The molecule has 0 unspecified atom stereocenters. The number of rotatable bonds is 7. The van der Waals surface area contributed by atoms with Crippen LogP contribution in [0.1, 0.15) is 21.5 Å². The number of carbonyl (C=O) groups excluding carboxylic acids is 1. The van der Waals surface area contributed by atoms with Crippen molar-refractivity contribution in [1.29, 1.82) is 0 Å². The zero-order valence-electron chi connectivity index (χ0n) is 15.9. The molecule has 0 aliphatic heterocycles. The molecule has 3 aromatic rings. The maximum Gasteiger partial charge on any atom is 0.271 e. The molecule has 1 amide bonds. The van der Waals surface area contributed by atoms with Gasteiger partial charge in [-0.2, -0.15) is 5.10 Å². The van der Waals surface area contributed by atoms with Gasteiger partial charge in [-0.3, -0.25) is 4.79 Å². The van der Waals surface area contributed by atoms with E-state index in [9.17, 15) is 4.79 Å². The summed E-state index contributed by atoms with van der Waals surface area (Å²) in [6, 6.07) is 17.2. The lowest BCUT2D eigenvalue weighted by Gasteiger charge is -2.14. The molecule has 0 fully saturated rings. The van der Waals surface area contributed by atoms with Gasteiger partial charge in [-0.1, -0.05) is 53.0 Å². The standard InChI is InChI=1S/C22H17Cl3N2O3/c1-29-20-11-14(12-26-27-22(28)15-6-8-17(23)9-7-15)10-19(25)21(20)30-13-16-4-2-3-5-18(16)24/h2-12H,13H2,1H3,(H,27,28)/b26-12-. The monoisotopic (exact) mass is 462 g/mol. The topological polar surface area (TPSA) is 59.9 Å². The van der Waals surface area contributed by atoms with Crippen LogP contribution in [0.4, 0.5) is 0 Å². The number of carbonyl (C=O) groups is 1. The lowest BCUT2D eigenvalue weighted by molar-refractivity contribution is 0.0955. The summed E-state index contributed by atoms with van der Waals surface area (Å²) in [6.45, 7) is 0.236. The van der Waals surface area contributed by atoms with Crippen LogP contribution < -0.4 is 14.9 Å². The molecule has 0 spiro atoms. The lowest BCUT2D eigenvalue weighted by Crippen LogP contribution is -2.17. The molecule has 154 valence electrons. The Balaban J connectivity index is 1.70. The van der Waals surface area contributed by atoms with E-state index in [1.54, 1.807) is 42.5 Å². The summed E-state index contributed by atoms with van der Waals surface area (Å²) in [4.78, 5) is 12.1. The molecule has 0 aromatic heterocycles. The van der Waals surface area contributed by atoms with Gasteiger partial charge in [0.15, 0.2) is 11.5 Å². The van der Waals surface area contributed by atoms with Crippen molar-refractivity contribution in [3.8, 4) is 11.5 Å². The highest BCUT2D eigenvalue weighted by Crippen LogP contribution is 2.37. The predicted molar refractivity (Wildman–Crippen MR) is 120 cm³/mol. The first kappa shape index (κ1) is 22.0. The fourth-order valence-electron chi connectivity index (χ4n) is 2.55. The van der Waals surface area contributed by atoms with Gasteiger partial charge in [0.25, 0.3) is 5.91 Å². The highest BCUT2D eigenvalue weighted by atomic mass is 35.5. The number of hydrazone groups is 1. The third kappa shape index (κ3) is 5.66. The van der Waals surface area contributed by atoms with Crippen molar-refractivity contribution >= 4 is 46.9 Å². The number of hydrogen-bond acceptors (Lipinski definition) is 4. The lowest BCUT2D eigenvalue weighted by atomic mass is 10.2. The van der Waals surface area contributed by atoms with Gasteiger partial charge in [0.05, 0.1) is 18.3 Å². The molecular weight excluding hydrogens is 447 g/mol. The van der Waals surface area contributed by atoms with Crippen LogP contribution in [0.2, 0.25) is 15.1 Å². The SMILES string of the molecule is COc1cc(/C=N\NC(=O)c2ccc(Cl)cc2)cc(Cl)c1OCc1ccccc1Cl. The number of amides is 1. The average molecular weight is 464 g/mol. The molecule has 0 aliphatic carbocycles. The Morgan fingerprint density at radius 1 is 1.03 bits per heavy atom. The number of hydrogen-bond donors (Lipinski definition) is 1. The molecule has 3 aromatic carbocycles. The number of nitrogens with one attached hydrogen (secondary N) is 1. The summed E-state index contributed by atoms with van der Waals surface area (Å²) in [5.41, 5.74) is 4.34. The summed E-state index contributed by atoms with van der Waals surface area (Å²) in [7, 11) is 1.51. The Labute approximate surface area is 189 Å². The average Bonchev–Trinajstić information content (AvgIpc) is 2.74. The first-order chi connectivity index (χ1) is 14.5. The summed E-state index contributed by atoms with van der Waals surface area (Å²) in [5.74, 6) is 0.460. The maximum atomic E-state index is 12.1. The van der Waals surface area contributed by atoms with Gasteiger partial charge in [-0.15, -0.1) is 0 Å². The van der Waals surface area contributed by atoms with E-state index in [2.05, 4.69) is 10.5 Å². The zero-order valence-corrected chi connectivity index (χ0v) is 18.1. The van der Waals surface area contributed by atoms with E-state index in [-0.39, 0.29) is 12.5 Å². The Morgan fingerprint density at radius 2 is 1.77 bits per heavy atom. The number of nitrogens with zero attached hydrogens (tertiary/aromatic N) is 1. The molecule has 8 heteroatoms. The molecule has 30 heavy (non-hydrogen) atoms. The molecule has 0 saturated heterocycles. The molecule has 0 bridgehead atoms. The van der Waals surface area contributed by atoms with Crippen LogP contribution >= 0.6 is 34.8 Å². The van der Waals surface area contributed by atoms with Gasteiger partial charge in [0, 0.05) is 21.2 Å². The van der Waals surface area contributed by atoms with E-state index >= 15 is 0 Å². The molecule has 0 radical (unpaired) electrons. The smallest absolute Gasteiger partial charge is 0.271 e. The minimum atomic E-state index is -0.360. The van der Waals surface area contributed by atoms with Gasteiger partial charge < -0.3 is 9.47 Å². The molecular formula is C22H17Cl3N2O3. The second-order valence-electron chi connectivity index (χ2n) is 6.12. The largest absolute Gasteiger partial charge is 0.493 e. The van der Waals surface area contributed by atoms with Crippen LogP contribution in [0.5, 0.6) is 11.5 Å². The van der Waals surface area contributed by atoms with Crippen molar-refractivity contribution < 1.29 is 14.3 Å². The van der Waals surface area contributed by atoms with Gasteiger partial charge in [0.2, 0.25) is 0 Å². The Bertz CT molecular complexity index is 1070.